The van der Waals surface area contributed by atoms with Gasteiger partial charge in [0, 0.05) is 38.6 Å². The van der Waals surface area contributed by atoms with Crippen molar-refractivity contribution >= 4 is 0 Å². The molecule has 0 spiro atoms. The minimum absolute atomic E-state index is 1.22. The molecule has 1 saturated heterocycles. The Labute approximate surface area is 106 Å². The third-order valence-electron chi connectivity index (χ3n) is 2.61. The van der Waals surface area contributed by atoms with Gasteiger partial charge in [-0.15, -0.1) is 0 Å². The highest BCUT2D eigenvalue weighted by atomic mass is 15.2. The summed E-state index contributed by atoms with van der Waals surface area (Å²) in [5.74, 6) is 0. The van der Waals surface area contributed by atoms with Gasteiger partial charge >= 0.3 is 0 Å². The molecular weight excluding hydrogens is 210 g/mol. The Balaban J connectivity index is 0.000000278. The van der Waals surface area contributed by atoms with Crippen LogP contribution in [0.25, 0.3) is 0 Å². The fourth-order valence-electron chi connectivity index (χ4n) is 1.48. The van der Waals surface area contributed by atoms with E-state index in [9.17, 15) is 0 Å². The van der Waals surface area contributed by atoms with E-state index in [-0.39, 0.29) is 0 Å². The van der Waals surface area contributed by atoms with Crippen LogP contribution in [0, 0.1) is 0 Å². The van der Waals surface area contributed by atoms with Gasteiger partial charge in [0.25, 0.3) is 0 Å². The van der Waals surface area contributed by atoms with Gasteiger partial charge in [0.15, 0.2) is 0 Å². The molecule has 1 aromatic rings. The van der Waals surface area contributed by atoms with Crippen LogP contribution in [0.15, 0.2) is 30.6 Å². The first-order valence-electron chi connectivity index (χ1n) is 6.59. The summed E-state index contributed by atoms with van der Waals surface area (Å²) in [4.78, 5) is 8.65. The monoisotopic (exact) mass is 237 g/mol. The third-order valence-corrected chi connectivity index (χ3v) is 2.61. The van der Waals surface area contributed by atoms with E-state index in [0.717, 1.165) is 0 Å². The van der Waals surface area contributed by atoms with Crippen molar-refractivity contribution in [2.24, 2.45) is 0 Å². The quantitative estimate of drug-likeness (QED) is 0.747. The zero-order valence-corrected chi connectivity index (χ0v) is 11.8. The van der Waals surface area contributed by atoms with Crippen LogP contribution in [0.2, 0.25) is 0 Å². The Kier molecular flexibility index (Phi) is 10.9. The van der Waals surface area contributed by atoms with Gasteiger partial charge in [-0.2, -0.15) is 0 Å². The number of hydrogen-bond donors (Lipinski definition) is 0. The summed E-state index contributed by atoms with van der Waals surface area (Å²) in [5.41, 5.74) is 0. The SMILES string of the molecule is CC.CCN1CCN(C)CC1.c1ccncc1. The third kappa shape index (κ3) is 8.83. The second kappa shape index (κ2) is 11.6. The van der Waals surface area contributed by atoms with E-state index >= 15 is 0 Å². The van der Waals surface area contributed by atoms with Crippen LogP contribution < -0.4 is 0 Å². The Morgan fingerprint density at radius 3 is 1.76 bits per heavy atom. The number of aromatic nitrogens is 1. The molecule has 1 aliphatic rings. The number of likely N-dealkylation sites (N-methyl/N-ethyl adjacent to an activating group) is 2. The summed E-state index contributed by atoms with van der Waals surface area (Å²) in [7, 11) is 2.19. The fraction of sp³-hybridized carbons (Fsp3) is 0.643. The van der Waals surface area contributed by atoms with Crippen LogP contribution in [0.3, 0.4) is 0 Å². The zero-order valence-electron chi connectivity index (χ0n) is 11.8. The van der Waals surface area contributed by atoms with Crippen molar-refractivity contribution in [3.05, 3.63) is 30.6 Å². The molecule has 0 amide bonds. The molecule has 0 bridgehead atoms. The predicted octanol–water partition coefficient (Wildman–Crippen LogP) is 2.36. The van der Waals surface area contributed by atoms with Crippen LogP contribution in [0.4, 0.5) is 0 Å². The highest BCUT2D eigenvalue weighted by Crippen LogP contribution is 1.96. The van der Waals surface area contributed by atoms with Gasteiger partial charge in [-0.3, -0.25) is 4.98 Å². The van der Waals surface area contributed by atoms with Crippen molar-refractivity contribution in [3.63, 3.8) is 0 Å². The first-order chi connectivity index (χ1) is 8.33. The molecule has 2 heterocycles. The Morgan fingerprint density at radius 2 is 1.47 bits per heavy atom. The minimum Gasteiger partial charge on any atom is -0.304 e. The molecule has 0 radical (unpaired) electrons. The standard InChI is InChI=1S/C7H16N2.C5H5N.C2H6/c1-3-9-6-4-8(2)5-7-9;1-2-4-6-5-3-1;1-2/h3-7H2,1-2H3;1-5H;1-2H3. The normalized spacial score (nSPS) is 16.2. The van der Waals surface area contributed by atoms with E-state index in [1.165, 1.54) is 32.7 Å². The molecule has 0 unspecified atom stereocenters. The Hall–Kier alpha value is -0.930. The number of hydrogen-bond acceptors (Lipinski definition) is 3. The van der Waals surface area contributed by atoms with E-state index in [1.54, 1.807) is 12.4 Å². The maximum absolute atomic E-state index is 3.78. The van der Waals surface area contributed by atoms with Crippen molar-refractivity contribution in [2.45, 2.75) is 20.8 Å². The summed E-state index contributed by atoms with van der Waals surface area (Å²) in [5, 5.41) is 0. The first-order valence-corrected chi connectivity index (χ1v) is 6.59. The van der Waals surface area contributed by atoms with Crippen molar-refractivity contribution < 1.29 is 0 Å². The summed E-state index contributed by atoms with van der Waals surface area (Å²) in [6.45, 7) is 12.4. The lowest BCUT2D eigenvalue weighted by Gasteiger charge is -2.31. The van der Waals surface area contributed by atoms with Crippen molar-refractivity contribution in [2.75, 3.05) is 39.8 Å². The van der Waals surface area contributed by atoms with Gasteiger partial charge in [0.1, 0.15) is 0 Å². The van der Waals surface area contributed by atoms with Gasteiger partial charge in [-0.1, -0.05) is 26.8 Å². The molecule has 3 heteroatoms. The maximum atomic E-state index is 3.78. The molecule has 2 rings (SSSR count). The summed E-state index contributed by atoms with van der Waals surface area (Å²) in [6, 6.07) is 5.72. The highest BCUT2D eigenvalue weighted by molar-refractivity contribution is 4.88. The molecule has 17 heavy (non-hydrogen) atoms. The van der Waals surface area contributed by atoms with Gasteiger partial charge in [-0.05, 0) is 25.7 Å². The van der Waals surface area contributed by atoms with Crippen LogP contribution >= 0.6 is 0 Å². The molecular formula is C14H27N3. The molecule has 98 valence electrons. The minimum atomic E-state index is 1.22. The van der Waals surface area contributed by atoms with Crippen LogP contribution in [-0.4, -0.2) is 54.6 Å². The molecule has 1 aromatic heterocycles. The molecule has 0 aliphatic carbocycles. The molecule has 0 aromatic carbocycles. The summed E-state index contributed by atoms with van der Waals surface area (Å²) >= 11 is 0. The molecule has 1 aliphatic heterocycles. The highest BCUT2D eigenvalue weighted by Gasteiger charge is 2.10. The zero-order chi connectivity index (χ0) is 12.9. The average molecular weight is 237 g/mol. The number of nitrogens with zero attached hydrogens (tertiary/aromatic N) is 3. The Morgan fingerprint density at radius 1 is 0.941 bits per heavy atom. The van der Waals surface area contributed by atoms with Crippen LogP contribution in [-0.2, 0) is 0 Å². The smallest absolute Gasteiger partial charge is 0.0267 e. The Bertz CT molecular complexity index is 204. The van der Waals surface area contributed by atoms with E-state index in [2.05, 4.69) is 28.8 Å². The lowest BCUT2D eigenvalue weighted by molar-refractivity contribution is 0.160. The summed E-state index contributed by atoms with van der Waals surface area (Å²) in [6.07, 6.45) is 3.50. The van der Waals surface area contributed by atoms with Gasteiger partial charge in [0.2, 0.25) is 0 Å². The fourth-order valence-corrected chi connectivity index (χ4v) is 1.48. The van der Waals surface area contributed by atoms with E-state index in [1.807, 2.05) is 32.0 Å². The molecule has 0 saturated carbocycles. The largest absolute Gasteiger partial charge is 0.304 e. The van der Waals surface area contributed by atoms with E-state index in [0.29, 0.717) is 0 Å². The number of pyridine rings is 1. The van der Waals surface area contributed by atoms with Crippen LogP contribution in [0.5, 0.6) is 0 Å². The topological polar surface area (TPSA) is 19.4 Å². The maximum Gasteiger partial charge on any atom is 0.0267 e. The predicted molar refractivity (Wildman–Crippen MR) is 75.2 cm³/mol. The molecule has 3 nitrogen and oxygen atoms in total. The van der Waals surface area contributed by atoms with Crippen molar-refractivity contribution in [3.8, 4) is 0 Å². The van der Waals surface area contributed by atoms with Crippen molar-refractivity contribution in [1.29, 1.82) is 0 Å². The molecule has 0 atom stereocenters. The second-order valence-corrected chi connectivity index (χ2v) is 3.76. The second-order valence-electron chi connectivity index (χ2n) is 3.76. The lowest BCUT2D eigenvalue weighted by Crippen LogP contribution is -2.44. The average Bonchev–Trinajstić information content (AvgIpc) is 2.44. The van der Waals surface area contributed by atoms with Gasteiger partial charge < -0.3 is 9.80 Å². The lowest BCUT2D eigenvalue weighted by atomic mass is 10.3. The van der Waals surface area contributed by atoms with E-state index in [4.69, 9.17) is 0 Å². The first kappa shape index (κ1) is 16.1. The van der Waals surface area contributed by atoms with Crippen molar-refractivity contribution in [1.82, 2.24) is 14.8 Å². The number of piperazine rings is 1. The molecule has 1 fully saturated rings. The van der Waals surface area contributed by atoms with Gasteiger partial charge in [0.05, 0.1) is 0 Å². The van der Waals surface area contributed by atoms with E-state index < -0.39 is 0 Å². The van der Waals surface area contributed by atoms with Gasteiger partial charge in [-0.25, -0.2) is 0 Å². The van der Waals surface area contributed by atoms with Crippen LogP contribution in [0.1, 0.15) is 20.8 Å². The summed E-state index contributed by atoms with van der Waals surface area (Å²) < 4.78 is 0. The molecule has 0 N–H and O–H groups in total. The number of rotatable bonds is 1.